The van der Waals surface area contributed by atoms with Gasteiger partial charge in [0.05, 0.1) is 13.7 Å². The quantitative estimate of drug-likeness (QED) is 0.730. The van der Waals surface area contributed by atoms with Crippen molar-refractivity contribution < 1.29 is 9.47 Å². The topological polar surface area (TPSA) is 68.3 Å². The molecule has 0 bridgehead atoms. The number of rotatable bonds is 8. The Morgan fingerprint density at radius 2 is 1.68 bits per heavy atom. The number of benzene rings is 1. The van der Waals surface area contributed by atoms with Crippen LogP contribution in [0.4, 0.5) is 11.6 Å². The van der Waals surface area contributed by atoms with E-state index in [1.807, 2.05) is 37.3 Å². The molecule has 2 aromatic rings. The van der Waals surface area contributed by atoms with Crippen molar-refractivity contribution in [1.29, 1.82) is 0 Å². The van der Waals surface area contributed by atoms with Crippen LogP contribution < -0.4 is 15.4 Å². The Morgan fingerprint density at radius 3 is 2.32 bits per heavy atom. The van der Waals surface area contributed by atoms with Crippen molar-refractivity contribution in [1.82, 2.24) is 9.97 Å². The molecule has 6 nitrogen and oxygen atoms in total. The lowest BCUT2D eigenvalue weighted by Gasteiger charge is -2.10. The fourth-order valence-electron chi connectivity index (χ4n) is 1.97. The Kier molecular flexibility index (Phi) is 5.97. The van der Waals surface area contributed by atoms with Crippen LogP contribution in [0.25, 0.3) is 0 Å². The molecule has 1 aromatic heterocycles. The lowest BCUT2D eigenvalue weighted by molar-refractivity contribution is 0.210. The number of ether oxygens (including phenoxy) is 2. The number of methoxy groups -OCH3 is 2. The van der Waals surface area contributed by atoms with E-state index in [0.717, 1.165) is 28.8 Å². The zero-order chi connectivity index (χ0) is 15.8. The predicted octanol–water partition coefficient (Wildman–Crippen LogP) is 2.46. The highest BCUT2D eigenvalue weighted by atomic mass is 16.5. The molecule has 0 aliphatic heterocycles. The Morgan fingerprint density at radius 1 is 1.00 bits per heavy atom. The van der Waals surface area contributed by atoms with Gasteiger partial charge in [-0.1, -0.05) is 12.1 Å². The first-order valence-electron chi connectivity index (χ1n) is 7.16. The molecule has 0 aliphatic rings. The van der Waals surface area contributed by atoms with Crippen LogP contribution in [-0.2, 0) is 11.3 Å². The van der Waals surface area contributed by atoms with Crippen molar-refractivity contribution in [2.45, 2.75) is 13.5 Å². The van der Waals surface area contributed by atoms with Crippen LogP contribution in [0.15, 0.2) is 30.3 Å². The summed E-state index contributed by atoms with van der Waals surface area (Å²) in [5.74, 6) is 3.16. The van der Waals surface area contributed by atoms with Gasteiger partial charge in [0.25, 0.3) is 0 Å². The Labute approximate surface area is 130 Å². The van der Waals surface area contributed by atoms with Crippen LogP contribution >= 0.6 is 0 Å². The molecular weight excluding hydrogens is 280 g/mol. The molecule has 0 unspecified atom stereocenters. The lowest BCUT2D eigenvalue weighted by Crippen LogP contribution is -2.11. The van der Waals surface area contributed by atoms with Crippen molar-refractivity contribution in [2.75, 3.05) is 38.0 Å². The van der Waals surface area contributed by atoms with E-state index in [-0.39, 0.29) is 0 Å². The minimum atomic E-state index is 0.637. The van der Waals surface area contributed by atoms with Crippen molar-refractivity contribution in [3.63, 3.8) is 0 Å². The zero-order valence-electron chi connectivity index (χ0n) is 13.2. The largest absolute Gasteiger partial charge is 0.497 e. The minimum absolute atomic E-state index is 0.637. The number of anilines is 2. The van der Waals surface area contributed by atoms with Gasteiger partial charge in [-0.25, -0.2) is 9.97 Å². The second kappa shape index (κ2) is 8.19. The summed E-state index contributed by atoms with van der Waals surface area (Å²) in [5, 5.41) is 6.51. The Balaban J connectivity index is 1.96. The lowest BCUT2D eigenvalue weighted by atomic mass is 10.2. The van der Waals surface area contributed by atoms with E-state index >= 15 is 0 Å². The molecule has 0 saturated carbocycles. The van der Waals surface area contributed by atoms with Gasteiger partial charge in [0, 0.05) is 26.3 Å². The van der Waals surface area contributed by atoms with Crippen molar-refractivity contribution in [3.8, 4) is 5.75 Å². The standard InChI is InChI=1S/C16H22N4O2/c1-12-19-15(17-8-9-21-2)10-16(20-12)18-11-13-4-6-14(22-3)7-5-13/h4-7,10H,8-9,11H2,1-3H3,(H2,17,18,19,20). The second-order valence-electron chi connectivity index (χ2n) is 4.81. The van der Waals surface area contributed by atoms with Gasteiger partial charge < -0.3 is 20.1 Å². The van der Waals surface area contributed by atoms with Crippen LogP contribution in [-0.4, -0.2) is 37.3 Å². The monoisotopic (exact) mass is 302 g/mol. The highest BCUT2D eigenvalue weighted by Crippen LogP contribution is 2.14. The molecule has 22 heavy (non-hydrogen) atoms. The minimum Gasteiger partial charge on any atom is -0.497 e. The highest BCUT2D eigenvalue weighted by Gasteiger charge is 2.02. The van der Waals surface area contributed by atoms with E-state index in [9.17, 15) is 0 Å². The molecule has 2 N–H and O–H groups in total. The van der Waals surface area contributed by atoms with E-state index < -0.39 is 0 Å². The molecule has 2 rings (SSSR count). The Bertz CT molecular complexity index is 587. The highest BCUT2D eigenvalue weighted by molar-refractivity contribution is 5.48. The second-order valence-corrected chi connectivity index (χ2v) is 4.81. The number of nitrogens with zero attached hydrogens (tertiary/aromatic N) is 2. The van der Waals surface area contributed by atoms with Gasteiger partial charge in [-0.3, -0.25) is 0 Å². The molecule has 118 valence electrons. The summed E-state index contributed by atoms with van der Waals surface area (Å²) in [6.45, 7) is 3.92. The fourth-order valence-corrected chi connectivity index (χ4v) is 1.97. The zero-order valence-corrected chi connectivity index (χ0v) is 13.2. The maximum absolute atomic E-state index is 5.15. The van der Waals surface area contributed by atoms with Gasteiger partial charge in [0.1, 0.15) is 23.2 Å². The molecular formula is C16H22N4O2. The predicted molar refractivity (Wildman–Crippen MR) is 87.5 cm³/mol. The third kappa shape index (κ3) is 4.89. The molecule has 0 atom stereocenters. The van der Waals surface area contributed by atoms with Gasteiger partial charge in [0.2, 0.25) is 0 Å². The molecule has 0 spiro atoms. The average Bonchev–Trinajstić information content (AvgIpc) is 2.53. The molecule has 0 amide bonds. The SMILES string of the molecule is COCCNc1cc(NCc2ccc(OC)cc2)nc(C)n1. The number of aromatic nitrogens is 2. The number of aryl methyl sites for hydroxylation is 1. The van der Waals surface area contributed by atoms with Crippen LogP contribution in [0.3, 0.4) is 0 Å². The summed E-state index contributed by atoms with van der Waals surface area (Å²) in [5.41, 5.74) is 1.16. The van der Waals surface area contributed by atoms with Gasteiger partial charge in [-0.2, -0.15) is 0 Å². The normalized spacial score (nSPS) is 10.3. The van der Waals surface area contributed by atoms with Crippen LogP contribution in [0.1, 0.15) is 11.4 Å². The molecule has 0 fully saturated rings. The summed E-state index contributed by atoms with van der Waals surface area (Å²) in [6.07, 6.45) is 0. The van der Waals surface area contributed by atoms with Crippen molar-refractivity contribution in [3.05, 3.63) is 41.7 Å². The summed E-state index contributed by atoms with van der Waals surface area (Å²) in [4.78, 5) is 8.74. The van der Waals surface area contributed by atoms with Gasteiger partial charge in [-0.05, 0) is 24.6 Å². The number of hydrogen-bond acceptors (Lipinski definition) is 6. The number of hydrogen-bond donors (Lipinski definition) is 2. The summed E-state index contributed by atoms with van der Waals surface area (Å²) < 4.78 is 10.2. The molecule has 6 heteroatoms. The average molecular weight is 302 g/mol. The van der Waals surface area contributed by atoms with E-state index in [1.165, 1.54) is 0 Å². The first kappa shape index (κ1) is 16.0. The first-order chi connectivity index (χ1) is 10.7. The maximum atomic E-state index is 5.15. The maximum Gasteiger partial charge on any atom is 0.132 e. The number of nitrogens with one attached hydrogen (secondary N) is 2. The molecule has 1 heterocycles. The Hall–Kier alpha value is -2.34. The molecule has 0 radical (unpaired) electrons. The molecule has 0 saturated heterocycles. The van der Waals surface area contributed by atoms with Crippen molar-refractivity contribution >= 4 is 11.6 Å². The van der Waals surface area contributed by atoms with Gasteiger partial charge >= 0.3 is 0 Å². The van der Waals surface area contributed by atoms with E-state index in [2.05, 4.69) is 20.6 Å². The van der Waals surface area contributed by atoms with E-state index in [0.29, 0.717) is 19.7 Å². The van der Waals surface area contributed by atoms with Gasteiger partial charge in [-0.15, -0.1) is 0 Å². The summed E-state index contributed by atoms with van der Waals surface area (Å²) in [7, 11) is 3.34. The van der Waals surface area contributed by atoms with Crippen molar-refractivity contribution in [2.24, 2.45) is 0 Å². The third-order valence-corrected chi connectivity index (χ3v) is 3.08. The van der Waals surface area contributed by atoms with E-state index in [4.69, 9.17) is 9.47 Å². The van der Waals surface area contributed by atoms with E-state index in [1.54, 1.807) is 14.2 Å². The summed E-state index contributed by atoms with van der Waals surface area (Å²) >= 11 is 0. The first-order valence-corrected chi connectivity index (χ1v) is 7.16. The fraction of sp³-hybridized carbons (Fsp3) is 0.375. The van der Waals surface area contributed by atoms with Gasteiger partial charge in [0.15, 0.2) is 0 Å². The smallest absolute Gasteiger partial charge is 0.132 e. The summed E-state index contributed by atoms with van der Waals surface area (Å²) in [6, 6.07) is 9.83. The van der Waals surface area contributed by atoms with Crippen LogP contribution in [0.5, 0.6) is 5.75 Å². The van der Waals surface area contributed by atoms with Crippen LogP contribution in [0, 0.1) is 6.92 Å². The molecule has 1 aromatic carbocycles. The molecule has 0 aliphatic carbocycles. The third-order valence-electron chi connectivity index (χ3n) is 3.08. The van der Waals surface area contributed by atoms with Crippen LogP contribution in [0.2, 0.25) is 0 Å².